The van der Waals surface area contributed by atoms with Crippen molar-refractivity contribution in [2.24, 2.45) is 0 Å². The molecule has 2 amide bonds. The highest BCUT2D eigenvalue weighted by Crippen LogP contribution is 2.35. The average molecular weight is 368 g/mol. The number of hydrogen-bond donors (Lipinski definition) is 2. The third kappa shape index (κ3) is 4.27. The summed E-state index contributed by atoms with van der Waals surface area (Å²) in [5, 5.41) is 16.3. The van der Waals surface area contributed by atoms with Crippen molar-refractivity contribution in [2.75, 3.05) is 0 Å². The van der Waals surface area contributed by atoms with Gasteiger partial charge in [0, 0.05) is 28.4 Å². The zero-order valence-corrected chi connectivity index (χ0v) is 14.9. The van der Waals surface area contributed by atoms with Crippen molar-refractivity contribution >= 4 is 29.3 Å². The number of esters is 1. The number of hydrogen-bond acceptors (Lipinski definition) is 5. The van der Waals surface area contributed by atoms with Crippen LogP contribution < -0.4 is 10.6 Å². The van der Waals surface area contributed by atoms with Crippen LogP contribution in [0.3, 0.4) is 0 Å². The van der Waals surface area contributed by atoms with Gasteiger partial charge in [0.05, 0.1) is 16.5 Å². The Labute approximate surface area is 149 Å². The quantitative estimate of drug-likeness (QED) is 0.484. The first-order valence-electron chi connectivity index (χ1n) is 7.45. The van der Waals surface area contributed by atoms with Gasteiger partial charge in [-0.25, -0.2) is 9.59 Å². The number of carbonyl (C=O) groups is 2. The number of urea groups is 1. The number of ether oxygens (including phenoxy) is 1. The highest BCUT2D eigenvalue weighted by Gasteiger charge is 2.35. The summed E-state index contributed by atoms with van der Waals surface area (Å²) in [6.07, 6.45) is 0. The molecule has 2 N–H and O–H groups in total. The summed E-state index contributed by atoms with van der Waals surface area (Å²) >= 11 is 6.16. The fourth-order valence-electron chi connectivity index (χ4n) is 2.40. The maximum absolute atomic E-state index is 12.6. The summed E-state index contributed by atoms with van der Waals surface area (Å²) in [7, 11) is 0. The molecule has 0 radical (unpaired) electrons. The molecule has 0 aliphatic carbocycles. The molecule has 0 saturated heterocycles. The van der Waals surface area contributed by atoms with Gasteiger partial charge in [-0.05, 0) is 33.8 Å². The number of amides is 2. The molecule has 134 valence electrons. The Hall–Kier alpha value is -2.61. The first-order chi connectivity index (χ1) is 11.5. The number of non-ortho nitro benzene ring substituents is 1. The predicted octanol–water partition coefficient (Wildman–Crippen LogP) is 3.22. The minimum absolute atomic E-state index is 0.136. The van der Waals surface area contributed by atoms with Crippen LogP contribution in [-0.2, 0) is 9.53 Å². The number of rotatable bonds is 3. The average Bonchev–Trinajstić information content (AvgIpc) is 2.44. The van der Waals surface area contributed by atoms with E-state index in [4.69, 9.17) is 16.3 Å². The van der Waals surface area contributed by atoms with E-state index in [1.165, 1.54) is 18.2 Å². The normalized spacial score (nSPS) is 17.6. The maximum atomic E-state index is 12.6. The lowest BCUT2D eigenvalue weighted by atomic mass is 9.95. The lowest BCUT2D eigenvalue weighted by molar-refractivity contribution is -0.384. The molecule has 1 aliphatic rings. The fraction of sp³-hybridized carbons (Fsp3) is 0.375. The van der Waals surface area contributed by atoms with E-state index in [2.05, 4.69) is 10.6 Å². The standard InChI is InChI=1S/C16H18ClN3O5/c1-8-12(14(21)25-16(2,3)4)13(19-15(22)18-8)10-7-9(20(23)24)5-6-11(10)17/h5-7,13H,1-4H3,(H2,18,19,22). The van der Waals surface area contributed by atoms with Gasteiger partial charge in [0.1, 0.15) is 5.60 Å². The fourth-order valence-corrected chi connectivity index (χ4v) is 2.62. The van der Waals surface area contributed by atoms with Crippen LogP contribution in [-0.4, -0.2) is 22.5 Å². The largest absolute Gasteiger partial charge is 0.456 e. The zero-order chi connectivity index (χ0) is 18.9. The molecule has 0 saturated carbocycles. The van der Waals surface area contributed by atoms with Crippen molar-refractivity contribution in [3.8, 4) is 0 Å². The number of halogens is 1. The third-order valence-electron chi connectivity index (χ3n) is 3.39. The van der Waals surface area contributed by atoms with Crippen molar-refractivity contribution in [3.05, 3.63) is 50.2 Å². The summed E-state index contributed by atoms with van der Waals surface area (Å²) < 4.78 is 5.39. The van der Waals surface area contributed by atoms with Gasteiger partial charge in [0.25, 0.3) is 5.69 Å². The van der Waals surface area contributed by atoms with Gasteiger partial charge in [-0.1, -0.05) is 11.6 Å². The van der Waals surface area contributed by atoms with Gasteiger partial charge >= 0.3 is 12.0 Å². The van der Waals surface area contributed by atoms with E-state index in [1.54, 1.807) is 27.7 Å². The Morgan fingerprint density at radius 2 is 2.00 bits per heavy atom. The topological polar surface area (TPSA) is 111 Å². The Kier molecular flexibility index (Phi) is 5.03. The predicted molar refractivity (Wildman–Crippen MR) is 91.1 cm³/mol. The molecule has 1 unspecified atom stereocenters. The number of allylic oxidation sites excluding steroid dienone is 1. The Bertz CT molecular complexity index is 782. The molecule has 2 rings (SSSR count). The highest BCUT2D eigenvalue weighted by atomic mass is 35.5. The lowest BCUT2D eigenvalue weighted by Gasteiger charge is -2.30. The van der Waals surface area contributed by atoms with Crippen LogP contribution in [0.1, 0.15) is 39.3 Å². The molecule has 1 atom stereocenters. The number of nitrogens with zero attached hydrogens (tertiary/aromatic N) is 1. The van der Waals surface area contributed by atoms with Crippen LogP contribution in [0.15, 0.2) is 29.5 Å². The Morgan fingerprint density at radius 3 is 2.56 bits per heavy atom. The monoisotopic (exact) mass is 367 g/mol. The molecular formula is C16H18ClN3O5. The minimum Gasteiger partial charge on any atom is -0.456 e. The molecule has 1 heterocycles. The van der Waals surface area contributed by atoms with Crippen molar-refractivity contribution < 1.29 is 19.2 Å². The van der Waals surface area contributed by atoms with Gasteiger partial charge in [-0.15, -0.1) is 0 Å². The maximum Gasteiger partial charge on any atom is 0.338 e. The van der Waals surface area contributed by atoms with Crippen LogP contribution >= 0.6 is 11.6 Å². The molecule has 1 aromatic carbocycles. The first kappa shape index (κ1) is 18.7. The van der Waals surface area contributed by atoms with E-state index >= 15 is 0 Å². The molecule has 9 heteroatoms. The van der Waals surface area contributed by atoms with Crippen molar-refractivity contribution in [2.45, 2.75) is 39.3 Å². The van der Waals surface area contributed by atoms with Crippen LogP contribution in [0, 0.1) is 10.1 Å². The zero-order valence-electron chi connectivity index (χ0n) is 14.2. The van der Waals surface area contributed by atoms with E-state index in [-0.39, 0.29) is 21.8 Å². The van der Waals surface area contributed by atoms with Crippen LogP contribution in [0.5, 0.6) is 0 Å². The van der Waals surface area contributed by atoms with E-state index in [9.17, 15) is 19.7 Å². The third-order valence-corrected chi connectivity index (χ3v) is 3.73. The molecule has 8 nitrogen and oxygen atoms in total. The smallest absolute Gasteiger partial charge is 0.338 e. The van der Waals surface area contributed by atoms with Crippen LogP contribution in [0.4, 0.5) is 10.5 Å². The second kappa shape index (κ2) is 6.72. The number of nitrogens with one attached hydrogen (secondary N) is 2. The summed E-state index contributed by atoms with van der Waals surface area (Å²) in [5.74, 6) is -0.648. The van der Waals surface area contributed by atoms with Gasteiger partial charge in [-0.3, -0.25) is 10.1 Å². The summed E-state index contributed by atoms with van der Waals surface area (Å²) in [6, 6.07) is 2.33. The second-order valence-corrected chi connectivity index (χ2v) is 6.94. The molecule has 1 aromatic rings. The molecule has 0 aromatic heterocycles. The van der Waals surface area contributed by atoms with Crippen molar-refractivity contribution in [1.29, 1.82) is 0 Å². The van der Waals surface area contributed by atoms with Gasteiger partial charge < -0.3 is 15.4 Å². The summed E-state index contributed by atoms with van der Waals surface area (Å²) in [5.41, 5.74) is -0.273. The highest BCUT2D eigenvalue weighted by molar-refractivity contribution is 6.31. The second-order valence-electron chi connectivity index (χ2n) is 6.53. The summed E-state index contributed by atoms with van der Waals surface area (Å²) in [4.78, 5) is 34.9. The molecule has 0 spiro atoms. The van der Waals surface area contributed by atoms with Crippen LogP contribution in [0.2, 0.25) is 5.02 Å². The Morgan fingerprint density at radius 1 is 1.36 bits per heavy atom. The van der Waals surface area contributed by atoms with Gasteiger partial charge in [0.15, 0.2) is 0 Å². The molecule has 0 bridgehead atoms. The lowest BCUT2D eigenvalue weighted by Crippen LogP contribution is -2.46. The van der Waals surface area contributed by atoms with E-state index in [1.807, 2.05) is 0 Å². The Balaban J connectivity index is 2.55. The molecular weight excluding hydrogens is 350 g/mol. The van der Waals surface area contributed by atoms with E-state index in [0.29, 0.717) is 5.70 Å². The number of benzene rings is 1. The summed E-state index contributed by atoms with van der Waals surface area (Å²) in [6.45, 7) is 6.69. The van der Waals surface area contributed by atoms with Gasteiger partial charge in [-0.2, -0.15) is 0 Å². The molecule has 25 heavy (non-hydrogen) atoms. The number of nitro benzene ring substituents is 1. The SMILES string of the molecule is CC1=C(C(=O)OC(C)(C)C)C(c2cc([N+](=O)[O-])ccc2Cl)NC(=O)N1. The van der Waals surface area contributed by atoms with E-state index < -0.39 is 28.6 Å². The minimum atomic E-state index is -0.962. The molecule has 0 fully saturated rings. The number of nitro groups is 1. The molecule has 1 aliphatic heterocycles. The van der Waals surface area contributed by atoms with Crippen molar-refractivity contribution in [3.63, 3.8) is 0 Å². The van der Waals surface area contributed by atoms with Crippen molar-refractivity contribution in [1.82, 2.24) is 10.6 Å². The first-order valence-corrected chi connectivity index (χ1v) is 7.83. The van der Waals surface area contributed by atoms with Gasteiger partial charge in [0.2, 0.25) is 0 Å². The number of carbonyl (C=O) groups excluding carboxylic acids is 2. The van der Waals surface area contributed by atoms with Crippen LogP contribution in [0.25, 0.3) is 0 Å². The van der Waals surface area contributed by atoms with E-state index in [0.717, 1.165) is 0 Å².